The summed E-state index contributed by atoms with van der Waals surface area (Å²) in [4.78, 5) is 0. The van der Waals surface area contributed by atoms with Crippen LogP contribution in [-0.2, 0) is 0 Å². The predicted molar refractivity (Wildman–Crippen MR) is 126 cm³/mol. The summed E-state index contributed by atoms with van der Waals surface area (Å²) in [6.45, 7) is 0. The van der Waals surface area contributed by atoms with Crippen molar-refractivity contribution in [1.29, 1.82) is 0 Å². The zero-order valence-corrected chi connectivity index (χ0v) is 15.9. The van der Waals surface area contributed by atoms with Crippen molar-refractivity contribution in [3.8, 4) is 11.1 Å². The number of rotatable bonds is 1. The van der Waals surface area contributed by atoms with Gasteiger partial charge in [-0.1, -0.05) is 84.9 Å². The molecule has 6 rings (SSSR count). The Bertz CT molecular complexity index is 1510. The van der Waals surface area contributed by atoms with E-state index in [1.807, 2.05) is 12.1 Å². The number of anilines is 1. The fourth-order valence-corrected chi connectivity index (χ4v) is 4.69. The van der Waals surface area contributed by atoms with Gasteiger partial charge in [0.2, 0.25) is 0 Å². The van der Waals surface area contributed by atoms with Crippen molar-refractivity contribution in [2.45, 2.75) is 0 Å². The Morgan fingerprint density at radius 3 is 1.45 bits per heavy atom. The largest absolute Gasteiger partial charge is 0.398 e. The Balaban J connectivity index is 1.97. The van der Waals surface area contributed by atoms with Gasteiger partial charge in [-0.05, 0) is 61.5 Å². The van der Waals surface area contributed by atoms with E-state index in [-0.39, 0.29) is 0 Å². The molecule has 0 amide bonds. The van der Waals surface area contributed by atoms with Crippen LogP contribution in [0.1, 0.15) is 0 Å². The Morgan fingerprint density at radius 1 is 0.414 bits per heavy atom. The first-order valence-corrected chi connectivity index (χ1v) is 9.92. The zero-order chi connectivity index (χ0) is 19.4. The van der Waals surface area contributed by atoms with E-state index in [2.05, 4.69) is 91.0 Å². The summed E-state index contributed by atoms with van der Waals surface area (Å²) in [6, 6.07) is 36.7. The molecule has 0 radical (unpaired) electrons. The molecule has 0 bridgehead atoms. The van der Waals surface area contributed by atoms with Gasteiger partial charge in [0.1, 0.15) is 0 Å². The molecule has 0 unspecified atom stereocenters. The first-order chi connectivity index (χ1) is 14.3. The quantitative estimate of drug-likeness (QED) is 0.235. The van der Waals surface area contributed by atoms with Gasteiger partial charge in [0.05, 0.1) is 0 Å². The minimum Gasteiger partial charge on any atom is -0.398 e. The van der Waals surface area contributed by atoms with Crippen LogP contribution in [0, 0.1) is 0 Å². The Labute approximate surface area is 169 Å². The molecular weight excluding hydrogens is 350 g/mol. The molecule has 0 spiro atoms. The van der Waals surface area contributed by atoms with Crippen LogP contribution in [-0.4, -0.2) is 0 Å². The molecule has 6 aromatic rings. The van der Waals surface area contributed by atoms with Crippen LogP contribution in [0.5, 0.6) is 0 Å². The fraction of sp³-hybridized carbons (Fsp3) is 0. The highest BCUT2D eigenvalue weighted by Gasteiger charge is 2.17. The summed E-state index contributed by atoms with van der Waals surface area (Å²) in [5.41, 5.74) is 9.88. The number of hydrogen-bond acceptors (Lipinski definition) is 1. The minimum absolute atomic E-state index is 0.820. The molecular formula is C28H19N. The van der Waals surface area contributed by atoms with E-state index in [4.69, 9.17) is 5.73 Å². The molecule has 0 aliphatic carbocycles. The zero-order valence-electron chi connectivity index (χ0n) is 15.9. The van der Waals surface area contributed by atoms with Crippen LogP contribution in [0.4, 0.5) is 5.69 Å². The van der Waals surface area contributed by atoms with Crippen molar-refractivity contribution in [3.63, 3.8) is 0 Å². The van der Waals surface area contributed by atoms with Crippen molar-refractivity contribution < 1.29 is 0 Å². The van der Waals surface area contributed by atoms with Crippen LogP contribution >= 0.6 is 0 Å². The highest BCUT2D eigenvalue weighted by molar-refractivity contribution is 6.25. The number of nitrogens with two attached hydrogens (primary N) is 1. The monoisotopic (exact) mass is 369 g/mol. The molecule has 6 aromatic carbocycles. The van der Waals surface area contributed by atoms with Gasteiger partial charge in [-0.25, -0.2) is 0 Å². The molecule has 136 valence electrons. The van der Waals surface area contributed by atoms with Crippen molar-refractivity contribution >= 4 is 48.8 Å². The van der Waals surface area contributed by atoms with Crippen LogP contribution < -0.4 is 5.73 Å². The second-order valence-electron chi connectivity index (χ2n) is 7.61. The molecule has 1 heteroatoms. The SMILES string of the molecule is Nc1cccc2cc3ccccc3c(-c3c4ccccc4cc4ccccc34)c12. The van der Waals surface area contributed by atoms with E-state index >= 15 is 0 Å². The first kappa shape index (κ1) is 16.1. The van der Waals surface area contributed by atoms with Gasteiger partial charge in [0.15, 0.2) is 0 Å². The Kier molecular flexibility index (Phi) is 3.39. The molecule has 0 aromatic heterocycles. The first-order valence-electron chi connectivity index (χ1n) is 9.92. The molecule has 29 heavy (non-hydrogen) atoms. The number of benzene rings is 6. The summed E-state index contributed by atoms with van der Waals surface area (Å²) >= 11 is 0. The summed E-state index contributed by atoms with van der Waals surface area (Å²) in [5.74, 6) is 0. The maximum absolute atomic E-state index is 6.57. The number of hydrogen-bond donors (Lipinski definition) is 1. The van der Waals surface area contributed by atoms with Crippen LogP contribution in [0.15, 0.2) is 103 Å². The van der Waals surface area contributed by atoms with E-state index in [0.29, 0.717) is 0 Å². The standard InChI is InChI=1S/C28H19N/c29-25-15-7-11-21-17-20-10-3-6-14-24(20)28(26(21)25)27-22-12-4-1-8-18(22)16-19-9-2-5-13-23(19)27/h1-17H,29H2. The highest BCUT2D eigenvalue weighted by Crippen LogP contribution is 2.45. The molecule has 2 N–H and O–H groups in total. The van der Waals surface area contributed by atoms with Crippen molar-refractivity contribution in [2.75, 3.05) is 5.73 Å². The summed E-state index contributed by atoms with van der Waals surface area (Å²) in [6.07, 6.45) is 0. The smallest absolute Gasteiger partial charge is 0.0400 e. The highest BCUT2D eigenvalue weighted by atomic mass is 14.6. The fourth-order valence-electron chi connectivity index (χ4n) is 4.69. The van der Waals surface area contributed by atoms with Crippen LogP contribution in [0.2, 0.25) is 0 Å². The van der Waals surface area contributed by atoms with Gasteiger partial charge in [-0.2, -0.15) is 0 Å². The van der Waals surface area contributed by atoms with Gasteiger partial charge in [-0.15, -0.1) is 0 Å². The normalized spacial score (nSPS) is 11.6. The molecule has 0 aliphatic heterocycles. The molecule has 0 saturated heterocycles. The molecule has 1 nitrogen and oxygen atoms in total. The van der Waals surface area contributed by atoms with E-state index in [1.165, 1.54) is 48.8 Å². The topological polar surface area (TPSA) is 26.0 Å². The molecule has 0 atom stereocenters. The predicted octanol–water partition coefficient (Wildman–Crippen LogP) is 7.55. The summed E-state index contributed by atoms with van der Waals surface area (Å²) in [5, 5.41) is 9.79. The van der Waals surface area contributed by atoms with Gasteiger partial charge in [0, 0.05) is 16.6 Å². The number of nitrogen functional groups attached to an aromatic ring is 1. The number of fused-ring (bicyclic) bond motifs is 4. The molecule has 0 aliphatic rings. The third-order valence-corrected chi connectivity index (χ3v) is 5.94. The Hall–Kier alpha value is -3.84. The third-order valence-electron chi connectivity index (χ3n) is 5.94. The molecule has 0 saturated carbocycles. The lowest BCUT2D eigenvalue weighted by Crippen LogP contribution is -1.93. The summed E-state index contributed by atoms with van der Waals surface area (Å²) in [7, 11) is 0. The van der Waals surface area contributed by atoms with E-state index in [1.54, 1.807) is 0 Å². The van der Waals surface area contributed by atoms with E-state index in [0.717, 1.165) is 11.1 Å². The van der Waals surface area contributed by atoms with E-state index in [9.17, 15) is 0 Å². The lowest BCUT2D eigenvalue weighted by molar-refractivity contribution is 1.71. The average molecular weight is 369 g/mol. The minimum atomic E-state index is 0.820. The maximum Gasteiger partial charge on any atom is 0.0400 e. The molecule has 0 heterocycles. The van der Waals surface area contributed by atoms with Crippen LogP contribution in [0.3, 0.4) is 0 Å². The Morgan fingerprint density at radius 2 is 0.862 bits per heavy atom. The second-order valence-corrected chi connectivity index (χ2v) is 7.61. The van der Waals surface area contributed by atoms with E-state index < -0.39 is 0 Å². The average Bonchev–Trinajstić information content (AvgIpc) is 2.76. The third kappa shape index (κ3) is 2.34. The van der Waals surface area contributed by atoms with Gasteiger partial charge < -0.3 is 5.73 Å². The van der Waals surface area contributed by atoms with Gasteiger partial charge in [-0.3, -0.25) is 0 Å². The van der Waals surface area contributed by atoms with Gasteiger partial charge in [0.25, 0.3) is 0 Å². The lowest BCUT2D eigenvalue weighted by Gasteiger charge is -2.18. The van der Waals surface area contributed by atoms with Crippen molar-refractivity contribution in [3.05, 3.63) is 103 Å². The lowest BCUT2D eigenvalue weighted by atomic mass is 9.86. The van der Waals surface area contributed by atoms with Crippen LogP contribution in [0.25, 0.3) is 54.2 Å². The second kappa shape index (κ2) is 6.08. The summed E-state index contributed by atoms with van der Waals surface area (Å²) < 4.78 is 0. The maximum atomic E-state index is 6.57. The molecule has 0 fully saturated rings. The van der Waals surface area contributed by atoms with Crippen molar-refractivity contribution in [1.82, 2.24) is 0 Å². The van der Waals surface area contributed by atoms with Gasteiger partial charge >= 0.3 is 0 Å². The van der Waals surface area contributed by atoms with Crippen molar-refractivity contribution in [2.24, 2.45) is 0 Å².